The van der Waals surface area contributed by atoms with E-state index in [9.17, 15) is 4.79 Å². The molecule has 4 nitrogen and oxygen atoms in total. The molecule has 0 radical (unpaired) electrons. The standard InChI is InChI=1S/C17H22N2O2/c20-16(15-7-4-10-21-15)19-12-17(13-19)8-9-18(11-17)14-5-2-1-3-6-14/h1-3,5-6,15H,4,7-13H2/t15-/m0/s1. The Hall–Kier alpha value is -1.55. The third kappa shape index (κ3) is 2.31. The summed E-state index contributed by atoms with van der Waals surface area (Å²) in [5, 5.41) is 0. The lowest BCUT2D eigenvalue weighted by atomic mass is 9.78. The van der Waals surface area contributed by atoms with Crippen molar-refractivity contribution in [3.05, 3.63) is 30.3 Å². The highest BCUT2D eigenvalue weighted by atomic mass is 16.5. The first-order chi connectivity index (χ1) is 10.3. The van der Waals surface area contributed by atoms with E-state index < -0.39 is 0 Å². The Morgan fingerprint density at radius 1 is 1.19 bits per heavy atom. The van der Waals surface area contributed by atoms with Crippen LogP contribution in [0.15, 0.2) is 30.3 Å². The average Bonchev–Trinajstić information content (AvgIpc) is 3.15. The Bertz CT molecular complexity index is 519. The summed E-state index contributed by atoms with van der Waals surface area (Å²) >= 11 is 0. The van der Waals surface area contributed by atoms with Gasteiger partial charge in [0, 0.05) is 43.9 Å². The monoisotopic (exact) mass is 286 g/mol. The van der Waals surface area contributed by atoms with Crippen LogP contribution in [0.5, 0.6) is 0 Å². The smallest absolute Gasteiger partial charge is 0.251 e. The van der Waals surface area contributed by atoms with Crippen molar-refractivity contribution in [2.24, 2.45) is 5.41 Å². The Kier molecular flexibility index (Phi) is 3.14. The summed E-state index contributed by atoms with van der Waals surface area (Å²) in [6, 6.07) is 10.6. The molecule has 1 spiro atoms. The summed E-state index contributed by atoms with van der Waals surface area (Å²) in [5.74, 6) is 0.219. The van der Waals surface area contributed by atoms with Crippen LogP contribution in [0.2, 0.25) is 0 Å². The number of nitrogens with zero attached hydrogens (tertiary/aromatic N) is 2. The number of hydrogen-bond acceptors (Lipinski definition) is 3. The fourth-order valence-electron chi connectivity index (χ4n) is 3.95. The van der Waals surface area contributed by atoms with Gasteiger partial charge in [-0.2, -0.15) is 0 Å². The summed E-state index contributed by atoms with van der Waals surface area (Å²) in [6.07, 6.45) is 2.96. The van der Waals surface area contributed by atoms with Gasteiger partial charge in [0.25, 0.3) is 5.91 Å². The maximum atomic E-state index is 12.3. The molecule has 0 bridgehead atoms. The lowest BCUT2D eigenvalue weighted by molar-refractivity contribution is -0.152. The number of hydrogen-bond donors (Lipinski definition) is 0. The Balaban J connectivity index is 1.36. The minimum absolute atomic E-state index is 0.158. The van der Waals surface area contributed by atoms with Crippen LogP contribution < -0.4 is 4.90 Å². The Labute approximate surface area is 125 Å². The van der Waals surface area contributed by atoms with E-state index in [2.05, 4.69) is 35.2 Å². The number of ether oxygens (including phenoxy) is 1. The maximum Gasteiger partial charge on any atom is 0.251 e. The molecule has 3 aliphatic heterocycles. The normalized spacial score (nSPS) is 27.1. The molecular formula is C17H22N2O2. The van der Waals surface area contributed by atoms with Crippen molar-refractivity contribution in [2.75, 3.05) is 37.7 Å². The molecule has 1 aromatic carbocycles. The van der Waals surface area contributed by atoms with Crippen LogP contribution in [0.4, 0.5) is 5.69 Å². The van der Waals surface area contributed by atoms with Gasteiger partial charge in [-0.15, -0.1) is 0 Å². The van der Waals surface area contributed by atoms with Gasteiger partial charge in [-0.05, 0) is 31.4 Å². The van der Waals surface area contributed by atoms with E-state index in [4.69, 9.17) is 4.74 Å². The molecule has 1 atom stereocenters. The van der Waals surface area contributed by atoms with Crippen molar-refractivity contribution < 1.29 is 9.53 Å². The van der Waals surface area contributed by atoms with Gasteiger partial charge in [-0.3, -0.25) is 4.79 Å². The minimum Gasteiger partial charge on any atom is -0.371 e. The molecule has 21 heavy (non-hydrogen) atoms. The molecule has 1 aromatic rings. The average molecular weight is 286 g/mol. The molecule has 0 N–H and O–H groups in total. The fraction of sp³-hybridized carbons (Fsp3) is 0.588. The van der Waals surface area contributed by atoms with Gasteiger partial charge in [-0.25, -0.2) is 0 Å². The van der Waals surface area contributed by atoms with E-state index in [0.29, 0.717) is 5.41 Å². The van der Waals surface area contributed by atoms with Crippen LogP contribution in [0.1, 0.15) is 19.3 Å². The molecule has 3 fully saturated rings. The molecule has 1 amide bonds. The summed E-state index contributed by atoms with van der Waals surface area (Å²) in [5.41, 5.74) is 1.63. The highest BCUT2D eigenvalue weighted by Crippen LogP contribution is 2.41. The number of carbonyl (C=O) groups excluding carboxylic acids is 1. The molecular weight excluding hydrogens is 264 g/mol. The topological polar surface area (TPSA) is 32.8 Å². The maximum absolute atomic E-state index is 12.3. The van der Waals surface area contributed by atoms with E-state index in [1.165, 1.54) is 12.1 Å². The quantitative estimate of drug-likeness (QED) is 0.832. The molecule has 3 aliphatic rings. The third-order valence-corrected chi connectivity index (χ3v) is 5.13. The van der Waals surface area contributed by atoms with Crippen molar-refractivity contribution in [1.82, 2.24) is 4.90 Å². The zero-order valence-electron chi connectivity index (χ0n) is 12.3. The Morgan fingerprint density at radius 2 is 2.00 bits per heavy atom. The summed E-state index contributed by atoms with van der Waals surface area (Å²) in [4.78, 5) is 16.8. The van der Waals surface area contributed by atoms with Gasteiger partial charge in [0.2, 0.25) is 0 Å². The number of amides is 1. The van der Waals surface area contributed by atoms with Crippen LogP contribution in [-0.2, 0) is 9.53 Å². The number of anilines is 1. The highest BCUT2D eigenvalue weighted by Gasteiger charge is 2.50. The number of likely N-dealkylation sites (tertiary alicyclic amines) is 1. The van der Waals surface area contributed by atoms with Gasteiger partial charge in [-0.1, -0.05) is 18.2 Å². The van der Waals surface area contributed by atoms with Gasteiger partial charge < -0.3 is 14.5 Å². The lowest BCUT2D eigenvalue weighted by Crippen LogP contribution is -2.61. The third-order valence-electron chi connectivity index (χ3n) is 5.13. The van der Waals surface area contributed by atoms with Crippen molar-refractivity contribution in [3.8, 4) is 0 Å². The van der Waals surface area contributed by atoms with Crippen LogP contribution >= 0.6 is 0 Å². The van der Waals surface area contributed by atoms with Crippen LogP contribution in [0.25, 0.3) is 0 Å². The van der Waals surface area contributed by atoms with Crippen molar-refractivity contribution in [1.29, 1.82) is 0 Å². The SMILES string of the molecule is O=C([C@@H]1CCCO1)N1CC2(CCN(c3ccccc3)C2)C1. The summed E-state index contributed by atoms with van der Waals surface area (Å²) in [7, 11) is 0. The van der Waals surface area contributed by atoms with E-state index >= 15 is 0 Å². The van der Waals surface area contributed by atoms with Gasteiger partial charge in [0.1, 0.15) is 6.10 Å². The highest BCUT2D eigenvalue weighted by molar-refractivity contribution is 5.82. The van der Waals surface area contributed by atoms with Crippen LogP contribution in [0, 0.1) is 5.41 Å². The van der Waals surface area contributed by atoms with Crippen molar-refractivity contribution >= 4 is 11.6 Å². The van der Waals surface area contributed by atoms with E-state index in [-0.39, 0.29) is 12.0 Å². The minimum atomic E-state index is -0.158. The summed E-state index contributed by atoms with van der Waals surface area (Å²) in [6.45, 7) is 4.75. The molecule has 112 valence electrons. The summed E-state index contributed by atoms with van der Waals surface area (Å²) < 4.78 is 5.51. The van der Waals surface area contributed by atoms with Gasteiger partial charge in [0.15, 0.2) is 0 Å². The molecule has 3 heterocycles. The zero-order valence-corrected chi connectivity index (χ0v) is 12.3. The predicted octanol–water partition coefficient (Wildman–Crippen LogP) is 1.90. The van der Waals surface area contributed by atoms with Crippen molar-refractivity contribution in [2.45, 2.75) is 25.4 Å². The second kappa shape index (κ2) is 5.02. The lowest BCUT2D eigenvalue weighted by Gasteiger charge is -2.48. The van der Waals surface area contributed by atoms with Gasteiger partial charge in [0.05, 0.1) is 0 Å². The molecule has 0 unspecified atom stereocenters. The first-order valence-electron chi connectivity index (χ1n) is 7.96. The Morgan fingerprint density at radius 3 is 2.71 bits per heavy atom. The number of carbonyl (C=O) groups is 1. The van der Waals surface area contributed by atoms with Crippen molar-refractivity contribution in [3.63, 3.8) is 0 Å². The fourth-order valence-corrected chi connectivity index (χ4v) is 3.95. The predicted molar refractivity (Wildman–Crippen MR) is 81.3 cm³/mol. The second-order valence-corrected chi connectivity index (χ2v) is 6.70. The largest absolute Gasteiger partial charge is 0.371 e. The number of para-hydroxylation sites is 1. The second-order valence-electron chi connectivity index (χ2n) is 6.70. The number of rotatable bonds is 2. The van der Waals surface area contributed by atoms with E-state index in [1.807, 2.05) is 4.90 Å². The molecule has 0 aromatic heterocycles. The molecule has 0 aliphatic carbocycles. The van der Waals surface area contributed by atoms with E-state index in [0.717, 1.165) is 45.6 Å². The van der Waals surface area contributed by atoms with Crippen LogP contribution in [0.3, 0.4) is 0 Å². The molecule has 4 rings (SSSR count). The molecule has 3 saturated heterocycles. The van der Waals surface area contributed by atoms with Crippen LogP contribution in [-0.4, -0.2) is 49.7 Å². The molecule has 4 heteroatoms. The van der Waals surface area contributed by atoms with Gasteiger partial charge >= 0.3 is 0 Å². The zero-order chi connectivity index (χ0) is 14.3. The first-order valence-corrected chi connectivity index (χ1v) is 7.96. The first kappa shape index (κ1) is 13.1. The molecule has 0 saturated carbocycles. The number of benzene rings is 1. The van der Waals surface area contributed by atoms with E-state index in [1.54, 1.807) is 0 Å².